The van der Waals surface area contributed by atoms with Gasteiger partial charge in [-0.2, -0.15) is 0 Å². The van der Waals surface area contributed by atoms with Gasteiger partial charge in [0, 0.05) is 52.1 Å². The average molecular weight is 1890 g/mol. The van der Waals surface area contributed by atoms with Crippen LogP contribution in [0.5, 0.6) is 23.0 Å². The summed E-state index contributed by atoms with van der Waals surface area (Å²) in [5.74, 6) is -7.33. The number of nitrogens with zero attached hydrogens (tertiary/aromatic N) is 4. The molecule has 12 rings (SSSR count). The minimum absolute atomic E-state index is 0.125. The molecule has 32 nitrogen and oxygen atoms in total. The largest absolute Gasteiger partial charge is 0.466 e. The number of benzene rings is 9. The van der Waals surface area contributed by atoms with Crippen LogP contribution in [0, 0.1) is 13.8 Å². The molecular weight excluding hydrogens is 1790 g/mol. The lowest BCUT2D eigenvalue weighted by atomic mass is 9.69. The molecule has 1 aliphatic rings. The number of aryl methyl sites for hydroxylation is 2. The topological polar surface area (TPSA) is 420 Å². The van der Waals surface area contributed by atoms with Gasteiger partial charge in [-0.25, -0.2) is 48.7 Å². The predicted molar refractivity (Wildman–Crippen MR) is 508 cm³/mol. The molecule has 0 amide bonds. The summed E-state index contributed by atoms with van der Waals surface area (Å²) in [5.41, 5.74) is 13.4. The highest BCUT2D eigenvalue weighted by molar-refractivity contribution is 5.92. The van der Waals surface area contributed by atoms with E-state index in [1.807, 2.05) is 159 Å². The summed E-state index contributed by atoms with van der Waals surface area (Å²) < 4.78 is 70.4. The number of carbonyl (C=O) groups excluding carboxylic acids is 14. The highest BCUT2D eigenvalue weighted by Gasteiger charge is 2.49. The van der Waals surface area contributed by atoms with Crippen molar-refractivity contribution >= 4 is 112 Å². The first-order chi connectivity index (χ1) is 67.0. The zero-order chi connectivity index (χ0) is 100. The molecule has 0 bridgehead atoms. The van der Waals surface area contributed by atoms with E-state index in [1.165, 1.54) is 27.0 Å². The van der Waals surface area contributed by atoms with Crippen LogP contribution in [0.4, 0.5) is 0 Å². The molecule has 11 aromatic rings. The molecule has 2 heterocycles. The maximum Gasteiger partial charge on any atom is 0.333 e. The second-order valence-electron chi connectivity index (χ2n) is 30.1. The third-order valence-corrected chi connectivity index (χ3v) is 19.9. The zero-order valence-electron chi connectivity index (χ0n) is 76.9. The normalized spacial score (nSPS) is 11.0. The van der Waals surface area contributed by atoms with Gasteiger partial charge >= 0.3 is 83.6 Å². The van der Waals surface area contributed by atoms with Crippen molar-refractivity contribution in [3.63, 3.8) is 0 Å². The van der Waals surface area contributed by atoms with E-state index in [2.05, 4.69) is 37.6 Å². The Labute approximate surface area is 800 Å². The molecule has 0 N–H and O–H groups in total. The van der Waals surface area contributed by atoms with Crippen LogP contribution < -0.4 is 18.9 Å². The highest BCUT2D eigenvalue weighted by Crippen LogP contribution is 2.55. The maximum absolute atomic E-state index is 12.8. The predicted octanol–water partition coefficient (Wildman–Crippen LogP) is 16.0. The van der Waals surface area contributed by atoms with Crippen LogP contribution in [0.25, 0.3) is 61.9 Å². The van der Waals surface area contributed by atoms with Gasteiger partial charge in [0.05, 0.1) is 109 Å². The number of hydrogen-bond donors (Lipinski definition) is 0. The minimum atomic E-state index is -1.04. The summed E-state index contributed by atoms with van der Waals surface area (Å²) in [7, 11) is 1.36. The minimum Gasteiger partial charge on any atom is -0.466 e. The Morgan fingerprint density at radius 3 is 1.04 bits per heavy atom. The summed E-state index contributed by atoms with van der Waals surface area (Å²) in [6.45, 7) is 23.0. The monoisotopic (exact) mass is 1890 g/mol. The second kappa shape index (κ2) is 54.1. The molecule has 0 saturated carbocycles. The lowest BCUT2D eigenvalue weighted by Gasteiger charge is -2.32. The Hall–Kier alpha value is -17.3. The first-order valence-electron chi connectivity index (χ1n) is 43.4. The fourth-order valence-corrected chi connectivity index (χ4v) is 12.9. The molecule has 139 heavy (non-hydrogen) atoms. The maximum atomic E-state index is 12.8. The van der Waals surface area contributed by atoms with Crippen molar-refractivity contribution < 1.29 is 133 Å². The molecule has 32 heteroatoms. The SMILES string of the molecule is C=C(C)C(=O)OCCOC(=O)CCC(=O)Oc1ccc(C2(c3ccc(OC(=O)CCC(=O)OCCOC(=O)C(=C)C)cc3)c3ccccc3-c3nc4cc(C)c(C)cc4nc32)cc1.C=CC(=O)OCCOC(=O)CCC(=O)Oc1ccc(-c2nc3ccccc3nc2-c2ccc(OC(=O)CCC(=O)OCCOC(=O)C=C)cc2)cc1.C=CC(=O)OCc1ccccc1.COC(=O)/C=C/c1ccccc1. The molecule has 716 valence electrons. The molecule has 0 unspecified atom stereocenters. The van der Waals surface area contributed by atoms with Crippen molar-refractivity contribution in [3.05, 3.63) is 331 Å². The molecule has 0 fully saturated rings. The lowest BCUT2D eigenvalue weighted by Crippen LogP contribution is -2.29. The molecule has 2 aromatic heterocycles. The number of hydrogen-bond acceptors (Lipinski definition) is 32. The number of para-hydroxylation sites is 2. The van der Waals surface area contributed by atoms with Crippen LogP contribution in [-0.2, 0) is 127 Å². The Balaban J connectivity index is 0.000000252. The molecular formula is C107H100N4O28. The van der Waals surface area contributed by atoms with Crippen molar-refractivity contribution in [2.24, 2.45) is 0 Å². The van der Waals surface area contributed by atoms with Gasteiger partial charge in [-0.05, 0) is 170 Å². The van der Waals surface area contributed by atoms with Gasteiger partial charge in [-0.1, -0.05) is 154 Å². The summed E-state index contributed by atoms with van der Waals surface area (Å²) in [5, 5.41) is 0. The fourth-order valence-electron chi connectivity index (χ4n) is 12.9. The molecule has 9 aromatic carbocycles. The zero-order valence-corrected chi connectivity index (χ0v) is 76.9. The van der Waals surface area contributed by atoms with Crippen molar-refractivity contribution in [2.75, 3.05) is 60.0 Å². The van der Waals surface area contributed by atoms with E-state index in [0.717, 1.165) is 68.3 Å². The van der Waals surface area contributed by atoms with Gasteiger partial charge in [-0.3, -0.25) is 38.4 Å². The van der Waals surface area contributed by atoms with E-state index in [1.54, 1.807) is 78.9 Å². The summed E-state index contributed by atoms with van der Waals surface area (Å²) in [6, 6.07) is 65.7. The van der Waals surface area contributed by atoms with Crippen molar-refractivity contribution in [1.29, 1.82) is 0 Å². The second-order valence-corrected chi connectivity index (χ2v) is 30.1. The molecule has 0 aliphatic heterocycles. The quantitative estimate of drug-likeness (QED) is 0.0113. The summed E-state index contributed by atoms with van der Waals surface area (Å²) in [6.07, 6.45) is 4.43. The van der Waals surface area contributed by atoms with Gasteiger partial charge in [0.1, 0.15) is 82.5 Å². The number of esters is 14. The number of fused-ring (bicyclic) bond motifs is 5. The van der Waals surface area contributed by atoms with E-state index < -0.39 is 77.0 Å². The van der Waals surface area contributed by atoms with Crippen LogP contribution in [0.1, 0.15) is 110 Å². The fraction of sp³-hybridized carbons (Fsp3) is 0.215. The van der Waals surface area contributed by atoms with E-state index in [9.17, 15) is 67.1 Å². The number of methoxy groups -OCH3 is 1. The van der Waals surface area contributed by atoms with Gasteiger partial charge < -0.3 is 66.3 Å². The standard InChI is InChI=1S/C49H46N2O12.C38H34N2O12.2C10H10O2/c1-29(2)47(56)60-25-23-58-41(52)19-21-43(54)62-35-15-11-33(12-16-35)49(38-10-8-7-9-37(38)45-46(49)51-40-28-32(6)31(5)27-39(40)50-45)34-13-17-36(18-14-34)63-44(55)22-20-42(53)59-24-26-61-48(57)30(3)4;1-3-31(41)47-21-23-49-33(43)17-19-35(45)51-27-13-9-25(10-14-27)37-38(40-30-8-6-5-7-29(30)39-37)26-11-15-28(16-12-26)52-36(46)20-18-34(44)50-24-22-48-32(42)4-2;1-12-10(11)8-7-9-5-3-2-4-6-9;1-2-10(11)12-8-9-6-4-3-5-7-9/h7-18,27-28H,1,3,19-26H2,2,4-6H3;3-16H,1-2,17-24H2;2-8H,1H3;2-7H,1,8H2/b;;8-7+;. The first-order valence-corrected chi connectivity index (χ1v) is 43.4. The number of rotatable bonds is 41. The Morgan fingerprint density at radius 1 is 0.331 bits per heavy atom. The van der Waals surface area contributed by atoms with Crippen LogP contribution in [0.3, 0.4) is 0 Å². The molecule has 0 saturated heterocycles. The first kappa shape index (κ1) is 105. The molecule has 0 radical (unpaired) electrons. The third-order valence-electron chi connectivity index (χ3n) is 19.9. The average Bonchev–Trinajstić information content (AvgIpc) is 1.53. The van der Waals surface area contributed by atoms with Crippen molar-refractivity contribution in [2.45, 2.75) is 91.1 Å². The molecule has 0 atom stereocenters. The Bertz CT molecular complexity index is 6090. The Morgan fingerprint density at radius 2 is 0.655 bits per heavy atom. The number of ether oxygens (including phenoxy) is 14. The Kier molecular flexibility index (Phi) is 41.0. The van der Waals surface area contributed by atoms with Crippen LogP contribution in [0.2, 0.25) is 0 Å². The smallest absolute Gasteiger partial charge is 0.333 e. The number of carbonyl (C=O) groups is 14. The van der Waals surface area contributed by atoms with Crippen LogP contribution in [-0.4, -0.2) is 163 Å². The van der Waals surface area contributed by atoms with Gasteiger partial charge in [-0.15, -0.1) is 0 Å². The van der Waals surface area contributed by atoms with E-state index in [4.69, 9.17) is 81.5 Å². The van der Waals surface area contributed by atoms with Crippen LogP contribution >= 0.6 is 0 Å². The van der Waals surface area contributed by atoms with E-state index >= 15 is 0 Å². The highest BCUT2D eigenvalue weighted by atomic mass is 16.6. The summed E-state index contributed by atoms with van der Waals surface area (Å²) >= 11 is 0. The van der Waals surface area contributed by atoms with E-state index in [0.29, 0.717) is 57.1 Å². The van der Waals surface area contributed by atoms with Gasteiger partial charge in [0.25, 0.3) is 0 Å². The van der Waals surface area contributed by atoms with Gasteiger partial charge in [0.2, 0.25) is 0 Å². The third kappa shape index (κ3) is 33.1. The summed E-state index contributed by atoms with van der Waals surface area (Å²) in [4.78, 5) is 185. The van der Waals surface area contributed by atoms with Crippen molar-refractivity contribution in [1.82, 2.24) is 19.9 Å². The molecule has 1 aliphatic carbocycles. The molecule has 0 spiro atoms. The lowest BCUT2D eigenvalue weighted by molar-refractivity contribution is -0.151. The number of aromatic nitrogens is 4. The van der Waals surface area contributed by atoms with Gasteiger partial charge in [0.15, 0.2) is 0 Å². The van der Waals surface area contributed by atoms with E-state index in [-0.39, 0.29) is 150 Å². The van der Waals surface area contributed by atoms with Crippen LogP contribution in [0.15, 0.2) is 287 Å². The van der Waals surface area contributed by atoms with Crippen molar-refractivity contribution in [3.8, 4) is 56.8 Å².